The largest absolute Gasteiger partial charge is 0.263 e. The van der Waals surface area contributed by atoms with E-state index in [4.69, 9.17) is 0 Å². The highest BCUT2D eigenvalue weighted by atomic mass is 32.2. The van der Waals surface area contributed by atoms with Crippen LogP contribution in [0.15, 0.2) is 39.5 Å². The van der Waals surface area contributed by atoms with Crippen molar-refractivity contribution in [3.8, 4) is 0 Å². The normalized spacial score (nSPS) is 19.2. The van der Waals surface area contributed by atoms with Crippen LogP contribution in [0.4, 0.5) is 0 Å². The molecule has 0 saturated carbocycles. The monoisotopic (exact) mass is 335 g/mol. The number of sulfonamides is 1. The Bertz CT molecular complexity index is 838. The van der Waals surface area contributed by atoms with Gasteiger partial charge in [-0.2, -0.15) is 0 Å². The van der Waals surface area contributed by atoms with Gasteiger partial charge >= 0.3 is 0 Å². The molecule has 0 saturated heterocycles. The van der Waals surface area contributed by atoms with Crippen LogP contribution in [0.3, 0.4) is 0 Å². The lowest BCUT2D eigenvalue weighted by atomic mass is 10.2. The Kier molecular flexibility index (Phi) is 3.78. The van der Waals surface area contributed by atoms with E-state index in [1.165, 1.54) is 0 Å². The fourth-order valence-corrected chi connectivity index (χ4v) is 4.41. The summed E-state index contributed by atoms with van der Waals surface area (Å²) in [7, 11) is -3.49. The molecule has 1 aliphatic rings. The number of aromatic nitrogens is 1. The topological polar surface area (TPSA) is 71.4 Å². The molecule has 2 aromatic rings. The van der Waals surface area contributed by atoms with Crippen molar-refractivity contribution in [2.75, 3.05) is 0 Å². The van der Waals surface area contributed by atoms with E-state index in [9.17, 15) is 8.42 Å². The summed E-state index contributed by atoms with van der Waals surface area (Å²) < 4.78 is 26.7. The van der Waals surface area contributed by atoms with Crippen LogP contribution in [0, 0.1) is 0 Å². The van der Waals surface area contributed by atoms with Crippen molar-refractivity contribution in [3.05, 3.63) is 45.9 Å². The maximum Gasteiger partial charge on any atom is 0.263 e. The van der Waals surface area contributed by atoms with Crippen molar-refractivity contribution < 1.29 is 8.42 Å². The van der Waals surface area contributed by atoms with E-state index in [1.54, 1.807) is 35.6 Å². The van der Waals surface area contributed by atoms with E-state index in [2.05, 4.69) is 28.5 Å². The van der Waals surface area contributed by atoms with Gasteiger partial charge in [0.25, 0.3) is 10.0 Å². The zero-order valence-corrected chi connectivity index (χ0v) is 14.2. The maximum absolute atomic E-state index is 12.1. The average Bonchev–Trinajstić information content (AvgIpc) is 3.04. The fourth-order valence-electron chi connectivity index (χ4n) is 2.25. The van der Waals surface area contributed by atoms with Crippen LogP contribution in [0.5, 0.6) is 0 Å². The van der Waals surface area contributed by atoms with Crippen LogP contribution in [0.2, 0.25) is 0 Å². The number of aliphatic imine (C=N–C) groups is 1. The molecule has 2 heterocycles. The van der Waals surface area contributed by atoms with Gasteiger partial charge in [-0.3, -0.25) is 9.71 Å². The summed E-state index contributed by atoms with van der Waals surface area (Å²) in [5, 5.41) is 3.05. The third-order valence-electron chi connectivity index (χ3n) is 3.45. The van der Waals surface area contributed by atoms with Gasteiger partial charge in [-0.25, -0.2) is 13.4 Å². The van der Waals surface area contributed by atoms with Gasteiger partial charge in [0.05, 0.1) is 21.6 Å². The molecule has 1 aromatic carbocycles. The predicted molar refractivity (Wildman–Crippen MR) is 87.9 cm³/mol. The summed E-state index contributed by atoms with van der Waals surface area (Å²) in [5.41, 5.74) is 1.48. The van der Waals surface area contributed by atoms with Crippen molar-refractivity contribution in [3.63, 3.8) is 0 Å². The molecule has 116 valence electrons. The lowest BCUT2D eigenvalue weighted by Gasteiger charge is -2.05. The number of thiazole rings is 1. The van der Waals surface area contributed by atoms with E-state index in [0.717, 1.165) is 10.7 Å². The van der Waals surface area contributed by atoms with Crippen LogP contribution in [-0.2, 0) is 10.0 Å². The fraction of sp³-hybridized carbons (Fsp3) is 0.333. The summed E-state index contributed by atoms with van der Waals surface area (Å²) in [5.74, 6) is 0.770. The van der Waals surface area contributed by atoms with Crippen molar-refractivity contribution in [2.24, 2.45) is 4.99 Å². The second-order valence-electron chi connectivity index (χ2n) is 5.52. The number of fused-ring (bicyclic) bond motifs is 1. The first-order chi connectivity index (χ1) is 10.4. The predicted octanol–water partition coefficient (Wildman–Crippen LogP) is 3.07. The Balaban J connectivity index is 1.96. The minimum absolute atomic E-state index is 0.201. The van der Waals surface area contributed by atoms with E-state index < -0.39 is 10.0 Å². The maximum atomic E-state index is 12.1. The summed E-state index contributed by atoms with van der Waals surface area (Å²) in [6.45, 7) is 6.11. The molecule has 0 aliphatic carbocycles. The molecule has 0 spiro atoms. The Morgan fingerprint density at radius 2 is 1.95 bits per heavy atom. The molecule has 5 nitrogen and oxygen atoms in total. The van der Waals surface area contributed by atoms with Gasteiger partial charge in [0.2, 0.25) is 0 Å². The molecule has 22 heavy (non-hydrogen) atoms. The van der Waals surface area contributed by atoms with Crippen LogP contribution < -0.4 is 4.72 Å². The minimum Gasteiger partial charge on any atom is -0.263 e. The van der Waals surface area contributed by atoms with E-state index >= 15 is 0 Å². The SMILES string of the molecule is CC(C)c1nc([C@H](C)N=C2NS(=O)(=O)c3ccccc32)cs1. The molecule has 1 atom stereocenters. The molecule has 0 amide bonds. The number of amidine groups is 1. The zero-order valence-electron chi connectivity index (χ0n) is 12.6. The third kappa shape index (κ3) is 2.66. The number of nitrogens with one attached hydrogen (secondary N) is 1. The number of hydrogen-bond donors (Lipinski definition) is 1. The molecule has 0 radical (unpaired) electrons. The Hall–Kier alpha value is -1.73. The van der Waals surface area contributed by atoms with Crippen LogP contribution in [0.25, 0.3) is 0 Å². The van der Waals surface area contributed by atoms with Crippen molar-refractivity contribution in [1.82, 2.24) is 9.71 Å². The molecule has 0 bridgehead atoms. The first kappa shape index (κ1) is 15.2. The lowest BCUT2D eigenvalue weighted by Crippen LogP contribution is -2.22. The van der Waals surface area contributed by atoms with Gasteiger partial charge in [-0.15, -0.1) is 11.3 Å². The Labute approximate surface area is 134 Å². The minimum atomic E-state index is -3.49. The number of nitrogens with zero attached hydrogens (tertiary/aromatic N) is 2. The summed E-state index contributed by atoms with van der Waals surface area (Å²) in [6, 6.07) is 6.66. The molecule has 0 fully saturated rings. The first-order valence-corrected chi connectivity index (χ1v) is 9.40. The molecule has 1 aliphatic heterocycles. The molecule has 3 rings (SSSR count). The van der Waals surface area contributed by atoms with Crippen LogP contribution in [0.1, 0.15) is 49.0 Å². The third-order valence-corrected chi connectivity index (χ3v) is 6.01. The highest BCUT2D eigenvalue weighted by Crippen LogP contribution is 2.27. The molecule has 7 heteroatoms. The molecule has 0 unspecified atom stereocenters. The Morgan fingerprint density at radius 1 is 1.23 bits per heavy atom. The first-order valence-electron chi connectivity index (χ1n) is 7.04. The van der Waals surface area contributed by atoms with Crippen molar-refractivity contribution in [2.45, 2.75) is 37.6 Å². The van der Waals surface area contributed by atoms with E-state index in [-0.39, 0.29) is 10.9 Å². The van der Waals surface area contributed by atoms with Gasteiger partial charge in [-0.1, -0.05) is 26.0 Å². The smallest absolute Gasteiger partial charge is 0.263 e. The van der Waals surface area contributed by atoms with Crippen LogP contribution in [-0.4, -0.2) is 19.2 Å². The van der Waals surface area contributed by atoms with Crippen molar-refractivity contribution in [1.29, 1.82) is 0 Å². The zero-order chi connectivity index (χ0) is 15.9. The highest BCUT2D eigenvalue weighted by molar-refractivity contribution is 7.90. The quantitative estimate of drug-likeness (QED) is 0.937. The molecular formula is C15H17N3O2S2. The average molecular weight is 335 g/mol. The van der Waals surface area contributed by atoms with Gasteiger partial charge in [0.15, 0.2) is 0 Å². The lowest BCUT2D eigenvalue weighted by molar-refractivity contribution is 0.595. The Morgan fingerprint density at radius 3 is 2.64 bits per heavy atom. The number of hydrogen-bond acceptors (Lipinski definition) is 5. The summed E-state index contributed by atoms with van der Waals surface area (Å²) in [6.07, 6.45) is 0. The molecule has 1 N–H and O–H groups in total. The molecular weight excluding hydrogens is 318 g/mol. The van der Waals surface area contributed by atoms with E-state index in [1.807, 2.05) is 12.3 Å². The highest BCUT2D eigenvalue weighted by Gasteiger charge is 2.30. The van der Waals surface area contributed by atoms with Gasteiger partial charge in [-0.05, 0) is 19.1 Å². The van der Waals surface area contributed by atoms with Gasteiger partial charge in [0.1, 0.15) is 5.84 Å². The molecule has 1 aromatic heterocycles. The van der Waals surface area contributed by atoms with Gasteiger partial charge in [0, 0.05) is 16.9 Å². The second-order valence-corrected chi connectivity index (χ2v) is 8.06. The summed E-state index contributed by atoms with van der Waals surface area (Å²) >= 11 is 1.61. The van der Waals surface area contributed by atoms with E-state index in [0.29, 0.717) is 17.3 Å². The summed E-state index contributed by atoms with van der Waals surface area (Å²) in [4.78, 5) is 9.38. The standard InChI is InChI=1S/C15H17N3O2S2/c1-9(2)15-17-12(8-21-15)10(3)16-14-11-6-4-5-7-13(11)22(19,20)18-14/h4-10H,1-3H3,(H,16,18)/t10-/m0/s1. The van der Waals surface area contributed by atoms with Crippen LogP contribution >= 0.6 is 11.3 Å². The second kappa shape index (κ2) is 5.48. The van der Waals surface area contributed by atoms with Crippen molar-refractivity contribution >= 4 is 27.2 Å². The number of rotatable bonds is 3. The number of benzene rings is 1. The van der Waals surface area contributed by atoms with Gasteiger partial charge < -0.3 is 0 Å².